The predicted molar refractivity (Wildman–Crippen MR) is 78.8 cm³/mol. The van der Waals surface area contributed by atoms with Crippen molar-refractivity contribution in [1.29, 1.82) is 0 Å². The van der Waals surface area contributed by atoms with Crippen LogP contribution in [0.15, 0.2) is 0 Å². The van der Waals surface area contributed by atoms with Crippen LogP contribution in [0.4, 0.5) is 0 Å². The van der Waals surface area contributed by atoms with Crippen molar-refractivity contribution in [2.75, 3.05) is 0 Å². The van der Waals surface area contributed by atoms with E-state index in [-0.39, 0.29) is 11.4 Å². The van der Waals surface area contributed by atoms with Gasteiger partial charge in [-0.1, -0.05) is 38.5 Å². The van der Waals surface area contributed by atoms with Crippen LogP contribution < -0.4 is 11.1 Å². The van der Waals surface area contributed by atoms with Gasteiger partial charge >= 0.3 is 0 Å². The third-order valence-corrected chi connectivity index (χ3v) is 5.11. The molecule has 3 nitrogen and oxygen atoms in total. The molecule has 0 heterocycles. The second-order valence-electron chi connectivity index (χ2n) is 6.85. The van der Waals surface area contributed by atoms with Gasteiger partial charge in [-0.25, -0.2) is 0 Å². The van der Waals surface area contributed by atoms with Crippen LogP contribution in [0.2, 0.25) is 0 Å². The third kappa shape index (κ3) is 4.48. The summed E-state index contributed by atoms with van der Waals surface area (Å²) in [6.07, 6.45) is 12.7. The number of nitrogens with two attached hydrogens (primary N) is 1. The quantitative estimate of drug-likeness (QED) is 0.821. The number of amides is 1. The lowest BCUT2D eigenvalue weighted by atomic mass is 9.79. The molecule has 3 N–H and O–H groups in total. The molecule has 0 saturated heterocycles. The largest absolute Gasteiger partial charge is 0.353 e. The number of hydrogen-bond donors (Lipinski definition) is 2. The highest BCUT2D eigenvalue weighted by Crippen LogP contribution is 2.29. The summed E-state index contributed by atoms with van der Waals surface area (Å²) in [7, 11) is 0. The lowest BCUT2D eigenvalue weighted by Gasteiger charge is -2.34. The van der Waals surface area contributed by atoms with Gasteiger partial charge in [-0.3, -0.25) is 4.79 Å². The van der Waals surface area contributed by atoms with Gasteiger partial charge in [0, 0.05) is 18.0 Å². The first-order valence-electron chi connectivity index (χ1n) is 8.17. The molecule has 1 unspecified atom stereocenters. The van der Waals surface area contributed by atoms with Crippen LogP contribution >= 0.6 is 0 Å². The maximum atomic E-state index is 12.2. The Balaban J connectivity index is 1.76. The van der Waals surface area contributed by atoms with E-state index in [0.717, 1.165) is 12.8 Å². The van der Waals surface area contributed by atoms with Crippen molar-refractivity contribution in [3.63, 3.8) is 0 Å². The Morgan fingerprint density at radius 1 is 1.16 bits per heavy atom. The Labute approximate surface area is 117 Å². The van der Waals surface area contributed by atoms with Crippen LogP contribution in [0.25, 0.3) is 0 Å². The standard InChI is InChI=1S/C16H30N2O/c1-13(14-8-4-2-5-9-14)18-15(19)12-16(17)10-6-3-7-11-16/h13-14H,2-12,17H2,1H3,(H,18,19). The van der Waals surface area contributed by atoms with E-state index in [1.54, 1.807) is 0 Å². The third-order valence-electron chi connectivity index (χ3n) is 5.11. The molecule has 0 radical (unpaired) electrons. The minimum absolute atomic E-state index is 0.169. The van der Waals surface area contributed by atoms with E-state index in [0.29, 0.717) is 18.4 Å². The summed E-state index contributed by atoms with van der Waals surface area (Å²) in [5.41, 5.74) is 6.13. The molecule has 0 aromatic carbocycles. The highest BCUT2D eigenvalue weighted by atomic mass is 16.1. The Morgan fingerprint density at radius 2 is 1.74 bits per heavy atom. The Morgan fingerprint density at radius 3 is 2.37 bits per heavy atom. The summed E-state index contributed by atoms with van der Waals surface area (Å²) in [6, 6.07) is 0.319. The van der Waals surface area contributed by atoms with E-state index in [1.165, 1.54) is 51.4 Å². The average molecular weight is 266 g/mol. The minimum atomic E-state index is -0.228. The number of rotatable bonds is 4. The van der Waals surface area contributed by atoms with Gasteiger partial charge in [0.2, 0.25) is 5.91 Å². The molecular weight excluding hydrogens is 236 g/mol. The van der Waals surface area contributed by atoms with Gasteiger partial charge in [0.05, 0.1) is 0 Å². The molecule has 2 fully saturated rings. The Bertz CT molecular complexity index is 291. The predicted octanol–water partition coefficient (Wildman–Crippen LogP) is 3.12. The van der Waals surface area contributed by atoms with E-state index in [2.05, 4.69) is 12.2 Å². The molecule has 0 aromatic rings. The first-order chi connectivity index (χ1) is 9.09. The number of carbonyl (C=O) groups is 1. The second kappa shape index (κ2) is 6.74. The maximum Gasteiger partial charge on any atom is 0.222 e. The first-order valence-corrected chi connectivity index (χ1v) is 8.17. The minimum Gasteiger partial charge on any atom is -0.353 e. The van der Waals surface area contributed by atoms with Gasteiger partial charge in [-0.05, 0) is 38.5 Å². The normalized spacial score (nSPS) is 25.8. The molecule has 19 heavy (non-hydrogen) atoms. The second-order valence-corrected chi connectivity index (χ2v) is 6.85. The number of nitrogens with one attached hydrogen (secondary N) is 1. The van der Waals surface area contributed by atoms with E-state index in [9.17, 15) is 4.79 Å². The molecule has 1 amide bonds. The summed E-state index contributed by atoms with van der Waals surface area (Å²) in [5.74, 6) is 0.847. The molecule has 2 aliphatic rings. The summed E-state index contributed by atoms with van der Waals surface area (Å²) >= 11 is 0. The fourth-order valence-electron chi connectivity index (χ4n) is 3.81. The van der Waals surface area contributed by atoms with Crippen LogP contribution in [0.1, 0.15) is 77.6 Å². The Hall–Kier alpha value is -0.570. The van der Waals surface area contributed by atoms with E-state index in [4.69, 9.17) is 5.73 Å². The van der Waals surface area contributed by atoms with Gasteiger partial charge in [0.1, 0.15) is 0 Å². The van der Waals surface area contributed by atoms with Crippen molar-refractivity contribution >= 4 is 5.91 Å². The molecule has 1 atom stereocenters. The zero-order chi connectivity index (χ0) is 13.7. The molecule has 2 saturated carbocycles. The topological polar surface area (TPSA) is 55.1 Å². The van der Waals surface area contributed by atoms with Gasteiger partial charge in [0.25, 0.3) is 0 Å². The Kier molecular flexibility index (Phi) is 5.26. The average Bonchev–Trinajstić information content (AvgIpc) is 2.39. The molecule has 2 aliphatic carbocycles. The molecule has 0 aliphatic heterocycles. The van der Waals surface area contributed by atoms with Crippen molar-refractivity contribution in [2.45, 2.75) is 89.1 Å². The first kappa shape index (κ1) is 14.8. The van der Waals surface area contributed by atoms with Gasteiger partial charge in [-0.15, -0.1) is 0 Å². The monoisotopic (exact) mass is 266 g/mol. The van der Waals surface area contributed by atoms with Crippen molar-refractivity contribution in [1.82, 2.24) is 5.32 Å². The lowest BCUT2D eigenvalue weighted by molar-refractivity contribution is -0.123. The SMILES string of the molecule is CC(NC(=O)CC1(N)CCCCC1)C1CCCCC1. The molecule has 0 aromatic heterocycles. The number of hydrogen-bond acceptors (Lipinski definition) is 2. The number of carbonyl (C=O) groups excluding carboxylic acids is 1. The van der Waals surface area contributed by atoms with Crippen molar-refractivity contribution < 1.29 is 4.79 Å². The van der Waals surface area contributed by atoms with E-state index < -0.39 is 0 Å². The van der Waals surface area contributed by atoms with Gasteiger partial charge < -0.3 is 11.1 Å². The van der Waals surface area contributed by atoms with Crippen molar-refractivity contribution in [3.05, 3.63) is 0 Å². The highest BCUT2D eigenvalue weighted by Gasteiger charge is 2.31. The molecular formula is C16H30N2O. The zero-order valence-electron chi connectivity index (χ0n) is 12.4. The van der Waals surface area contributed by atoms with Crippen LogP contribution in [0.3, 0.4) is 0 Å². The van der Waals surface area contributed by atoms with Crippen LogP contribution in [0, 0.1) is 5.92 Å². The molecule has 110 valence electrons. The molecule has 0 spiro atoms. The van der Waals surface area contributed by atoms with Crippen LogP contribution in [0.5, 0.6) is 0 Å². The lowest BCUT2D eigenvalue weighted by Crippen LogP contribution is -2.48. The summed E-state index contributed by atoms with van der Waals surface area (Å²) in [5, 5.41) is 3.20. The van der Waals surface area contributed by atoms with Crippen LogP contribution in [-0.2, 0) is 4.79 Å². The summed E-state index contributed by atoms with van der Waals surface area (Å²) < 4.78 is 0. The fraction of sp³-hybridized carbons (Fsp3) is 0.938. The smallest absolute Gasteiger partial charge is 0.222 e. The molecule has 0 bridgehead atoms. The maximum absolute atomic E-state index is 12.2. The zero-order valence-corrected chi connectivity index (χ0v) is 12.4. The fourth-order valence-corrected chi connectivity index (χ4v) is 3.81. The van der Waals surface area contributed by atoms with Crippen LogP contribution in [-0.4, -0.2) is 17.5 Å². The summed E-state index contributed by atoms with van der Waals surface area (Å²) in [4.78, 5) is 12.2. The summed E-state index contributed by atoms with van der Waals surface area (Å²) in [6.45, 7) is 2.16. The molecule has 3 heteroatoms. The van der Waals surface area contributed by atoms with Gasteiger partial charge in [-0.2, -0.15) is 0 Å². The molecule has 2 rings (SSSR count). The van der Waals surface area contributed by atoms with E-state index in [1.807, 2.05) is 0 Å². The van der Waals surface area contributed by atoms with E-state index >= 15 is 0 Å². The van der Waals surface area contributed by atoms with Gasteiger partial charge in [0.15, 0.2) is 0 Å². The van der Waals surface area contributed by atoms with Crippen molar-refractivity contribution in [3.8, 4) is 0 Å². The highest BCUT2D eigenvalue weighted by molar-refractivity contribution is 5.77. The van der Waals surface area contributed by atoms with Crippen molar-refractivity contribution in [2.24, 2.45) is 11.7 Å².